The second kappa shape index (κ2) is 8.55. The van der Waals surface area contributed by atoms with E-state index in [4.69, 9.17) is 21.6 Å². The molecule has 1 fully saturated rings. The van der Waals surface area contributed by atoms with Gasteiger partial charge in [0.25, 0.3) is 5.91 Å². The summed E-state index contributed by atoms with van der Waals surface area (Å²) in [5.41, 5.74) is 0.401. The molecule has 24 heavy (non-hydrogen) atoms. The average molecular weight is 350 g/mol. The van der Waals surface area contributed by atoms with Crippen LogP contribution in [-0.4, -0.2) is 24.6 Å². The first-order valence-electron chi connectivity index (χ1n) is 7.92. The maximum atomic E-state index is 11.9. The van der Waals surface area contributed by atoms with Crippen LogP contribution in [0.25, 0.3) is 0 Å². The number of amides is 3. The number of nitrogens with zero attached hydrogens (tertiary/aromatic N) is 1. The number of hydrogen-bond acceptors (Lipinski definition) is 4. The third-order valence-corrected chi connectivity index (χ3v) is 4.40. The molecule has 1 aliphatic carbocycles. The maximum absolute atomic E-state index is 11.9. The SMILES string of the molecule is C[C@H]1CCCC[C@@H]1NC(=O)NC(=O)COc1ccc(C#N)cc1Cl. The highest BCUT2D eigenvalue weighted by Gasteiger charge is 2.23. The summed E-state index contributed by atoms with van der Waals surface area (Å²) in [7, 11) is 0. The molecule has 6 nitrogen and oxygen atoms in total. The van der Waals surface area contributed by atoms with Crippen molar-refractivity contribution in [3.8, 4) is 11.8 Å². The summed E-state index contributed by atoms with van der Waals surface area (Å²) in [6, 6.07) is 6.05. The normalized spacial score (nSPS) is 19.9. The van der Waals surface area contributed by atoms with Crippen molar-refractivity contribution in [3.05, 3.63) is 28.8 Å². The number of rotatable bonds is 4. The van der Waals surface area contributed by atoms with Crippen LogP contribution in [0.1, 0.15) is 38.2 Å². The smallest absolute Gasteiger partial charge is 0.321 e. The number of urea groups is 1. The number of nitriles is 1. The fourth-order valence-corrected chi connectivity index (χ4v) is 2.96. The number of carbonyl (C=O) groups excluding carboxylic acids is 2. The van der Waals surface area contributed by atoms with Gasteiger partial charge in [0.05, 0.1) is 16.7 Å². The van der Waals surface area contributed by atoms with Gasteiger partial charge in [-0.1, -0.05) is 31.4 Å². The third-order valence-electron chi connectivity index (χ3n) is 4.10. The van der Waals surface area contributed by atoms with E-state index in [0.29, 0.717) is 11.5 Å². The Bertz CT molecular complexity index is 657. The van der Waals surface area contributed by atoms with Gasteiger partial charge in [0.15, 0.2) is 6.61 Å². The van der Waals surface area contributed by atoms with E-state index >= 15 is 0 Å². The molecule has 0 radical (unpaired) electrons. The second-order valence-corrected chi connectivity index (χ2v) is 6.34. The summed E-state index contributed by atoms with van der Waals surface area (Å²) in [6.45, 7) is 1.77. The van der Waals surface area contributed by atoms with Crippen LogP contribution in [0, 0.1) is 17.2 Å². The summed E-state index contributed by atoms with van der Waals surface area (Å²) in [6.07, 6.45) is 4.28. The lowest BCUT2D eigenvalue weighted by atomic mass is 9.86. The molecule has 0 unspecified atom stereocenters. The van der Waals surface area contributed by atoms with E-state index in [9.17, 15) is 9.59 Å². The van der Waals surface area contributed by atoms with Crippen molar-refractivity contribution in [2.75, 3.05) is 6.61 Å². The molecule has 7 heteroatoms. The minimum absolute atomic E-state index is 0.0976. The van der Waals surface area contributed by atoms with Crippen molar-refractivity contribution in [3.63, 3.8) is 0 Å². The molecule has 0 saturated heterocycles. The van der Waals surface area contributed by atoms with Crippen LogP contribution >= 0.6 is 11.6 Å². The standard InChI is InChI=1S/C17H20ClN3O3/c1-11-4-2-3-5-14(11)20-17(23)21-16(22)10-24-15-7-6-12(9-19)8-13(15)18/h6-8,11,14H,2-5,10H2,1H3,(H2,20,21,22,23)/t11-,14-/m0/s1. The van der Waals surface area contributed by atoms with Crippen LogP contribution < -0.4 is 15.4 Å². The van der Waals surface area contributed by atoms with Gasteiger partial charge >= 0.3 is 6.03 Å². The van der Waals surface area contributed by atoms with E-state index in [0.717, 1.165) is 19.3 Å². The zero-order valence-electron chi connectivity index (χ0n) is 13.5. The number of nitrogens with one attached hydrogen (secondary N) is 2. The molecule has 2 N–H and O–H groups in total. The van der Waals surface area contributed by atoms with Gasteiger partial charge in [0.2, 0.25) is 0 Å². The van der Waals surface area contributed by atoms with Crippen LogP contribution in [0.3, 0.4) is 0 Å². The molecule has 0 aliphatic heterocycles. The number of imide groups is 1. The number of carbonyl (C=O) groups is 2. The molecular weight excluding hydrogens is 330 g/mol. The highest BCUT2D eigenvalue weighted by Crippen LogP contribution is 2.25. The Morgan fingerprint density at radius 1 is 1.38 bits per heavy atom. The predicted molar refractivity (Wildman–Crippen MR) is 89.8 cm³/mol. The maximum Gasteiger partial charge on any atom is 0.321 e. The Hall–Kier alpha value is -2.26. The predicted octanol–water partition coefficient (Wildman–Crippen LogP) is 2.99. The van der Waals surface area contributed by atoms with Crippen LogP contribution in [0.2, 0.25) is 5.02 Å². The first-order valence-corrected chi connectivity index (χ1v) is 8.30. The molecule has 0 heterocycles. The highest BCUT2D eigenvalue weighted by molar-refractivity contribution is 6.32. The minimum Gasteiger partial charge on any atom is -0.482 e. The van der Waals surface area contributed by atoms with Gasteiger partial charge in [-0.05, 0) is 37.0 Å². The fourth-order valence-electron chi connectivity index (χ4n) is 2.73. The Labute approximate surface area is 146 Å². The topological polar surface area (TPSA) is 91.2 Å². The molecule has 1 aliphatic rings. The number of benzene rings is 1. The summed E-state index contributed by atoms with van der Waals surface area (Å²) >= 11 is 5.96. The van der Waals surface area contributed by atoms with Gasteiger partial charge in [-0.3, -0.25) is 10.1 Å². The van der Waals surface area contributed by atoms with Gasteiger partial charge in [0, 0.05) is 6.04 Å². The van der Waals surface area contributed by atoms with Crippen LogP contribution in [-0.2, 0) is 4.79 Å². The molecule has 1 aromatic carbocycles. The summed E-state index contributed by atoms with van der Waals surface area (Å²) in [5.74, 6) is 0.136. The lowest BCUT2D eigenvalue weighted by Gasteiger charge is -2.29. The number of halogens is 1. The molecule has 2 atom stereocenters. The Kier molecular flexibility index (Phi) is 6.44. The van der Waals surface area contributed by atoms with E-state index in [1.165, 1.54) is 24.6 Å². The van der Waals surface area contributed by atoms with E-state index in [1.807, 2.05) is 6.07 Å². The summed E-state index contributed by atoms with van der Waals surface area (Å²) < 4.78 is 5.28. The van der Waals surface area contributed by atoms with E-state index in [2.05, 4.69) is 17.6 Å². The molecule has 2 rings (SSSR count). The Balaban J connectivity index is 1.78. The molecule has 1 aromatic rings. The molecule has 1 saturated carbocycles. The number of ether oxygens (including phenoxy) is 1. The molecule has 0 bridgehead atoms. The average Bonchev–Trinajstić information content (AvgIpc) is 2.55. The van der Waals surface area contributed by atoms with Crippen molar-refractivity contribution in [2.45, 2.75) is 38.6 Å². The van der Waals surface area contributed by atoms with Crippen LogP contribution in [0.5, 0.6) is 5.75 Å². The molecule has 0 spiro atoms. The first-order chi connectivity index (χ1) is 11.5. The van der Waals surface area contributed by atoms with Crippen molar-refractivity contribution < 1.29 is 14.3 Å². The zero-order chi connectivity index (χ0) is 17.5. The minimum atomic E-state index is -0.559. The largest absolute Gasteiger partial charge is 0.482 e. The lowest BCUT2D eigenvalue weighted by molar-refractivity contribution is -0.122. The zero-order valence-corrected chi connectivity index (χ0v) is 14.2. The quantitative estimate of drug-likeness (QED) is 0.874. The summed E-state index contributed by atoms with van der Waals surface area (Å²) in [5, 5.41) is 14.1. The van der Waals surface area contributed by atoms with Crippen molar-refractivity contribution in [1.29, 1.82) is 5.26 Å². The van der Waals surface area contributed by atoms with Crippen LogP contribution in [0.15, 0.2) is 18.2 Å². The van der Waals surface area contributed by atoms with Gasteiger partial charge in [-0.2, -0.15) is 5.26 Å². The van der Waals surface area contributed by atoms with E-state index in [1.54, 1.807) is 0 Å². The Morgan fingerprint density at radius 3 is 2.79 bits per heavy atom. The first kappa shape index (κ1) is 18.1. The van der Waals surface area contributed by atoms with Gasteiger partial charge in [0.1, 0.15) is 5.75 Å². The van der Waals surface area contributed by atoms with Crippen molar-refractivity contribution in [2.24, 2.45) is 5.92 Å². The molecule has 128 valence electrons. The van der Waals surface area contributed by atoms with Crippen molar-refractivity contribution in [1.82, 2.24) is 10.6 Å². The monoisotopic (exact) mass is 349 g/mol. The van der Waals surface area contributed by atoms with Gasteiger partial charge in [-0.25, -0.2) is 4.79 Å². The molecule has 0 aromatic heterocycles. The number of hydrogen-bond donors (Lipinski definition) is 2. The van der Waals surface area contributed by atoms with Gasteiger partial charge < -0.3 is 10.1 Å². The second-order valence-electron chi connectivity index (χ2n) is 5.94. The third kappa shape index (κ3) is 5.14. The summed E-state index contributed by atoms with van der Waals surface area (Å²) in [4.78, 5) is 23.7. The molecular formula is C17H20ClN3O3. The van der Waals surface area contributed by atoms with Crippen LogP contribution in [0.4, 0.5) is 4.79 Å². The molecule has 3 amide bonds. The fraction of sp³-hybridized carbons (Fsp3) is 0.471. The van der Waals surface area contributed by atoms with E-state index < -0.39 is 11.9 Å². The van der Waals surface area contributed by atoms with E-state index in [-0.39, 0.29) is 23.4 Å². The highest BCUT2D eigenvalue weighted by atomic mass is 35.5. The lowest BCUT2D eigenvalue weighted by Crippen LogP contribution is -2.48. The van der Waals surface area contributed by atoms with Crippen molar-refractivity contribution >= 4 is 23.5 Å². The van der Waals surface area contributed by atoms with Gasteiger partial charge in [-0.15, -0.1) is 0 Å². The Morgan fingerprint density at radius 2 is 2.12 bits per heavy atom.